The molecule has 1 saturated carbocycles. The fraction of sp³-hybridized carbons (Fsp3) is 0.500. The molecule has 128 valence electrons. The molecule has 0 unspecified atom stereocenters. The molecule has 0 heterocycles. The van der Waals surface area contributed by atoms with Crippen LogP contribution < -0.4 is 16.4 Å². The molecule has 1 aromatic carbocycles. The number of rotatable bonds is 5. The SMILES string of the molecule is CCNC(=O)c1ccc(Cl)cc1NC(=O)[C@@H]1CCC[C@@H]1CN.Cl. The maximum Gasteiger partial charge on any atom is 0.253 e. The van der Waals surface area contributed by atoms with E-state index in [-0.39, 0.29) is 36.1 Å². The van der Waals surface area contributed by atoms with Gasteiger partial charge in [-0.1, -0.05) is 18.0 Å². The van der Waals surface area contributed by atoms with Gasteiger partial charge < -0.3 is 16.4 Å². The summed E-state index contributed by atoms with van der Waals surface area (Å²) in [5.74, 6) is -0.185. The minimum Gasteiger partial charge on any atom is -0.352 e. The van der Waals surface area contributed by atoms with Crippen molar-refractivity contribution in [2.45, 2.75) is 26.2 Å². The average molecular weight is 360 g/mol. The number of carbonyl (C=O) groups is 2. The lowest BCUT2D eigenvalue weighted by Gasteiger charge is -2.18. The molecule has 1 aliphatic carbocycles. The maximum absolute atomic E-state index is 12.5. The molecular formula is C16H23Cl2N3O2. The number of benzene rings is 1. The Balaban J connectivity index is 0.00000264. The van der Waals surface area contributed by atoms with Crippen LogP contribution in [0.4, 0.5) is 5.69 Å². The lowest BCUT2D eigenvalue weighted by atomic mass is 9.95. The normalized spacial score (nSPS) is 19.8. The molecule has 1 aliphatic rings. The largest absolute Gasteiger partial charge is 0.352 e. The number of hydrogen-bond acceptors (Lipinski definition) is 3. The van der Waals surface area contributed by atoms with Crippen LogP contribution in [0.15, 0.2) is 18.2 Å². The third-order valence-electron chi connectivity index (χ3n) is 4.12. The molecule has 0 aliphatic heterocycles. The van der Waals surface area contributed by atoms with E-state index in [1.54, 1.807) is 18.2 Å². The predicted octanol–water partition coefficient (Wildman–Crippen LogP) is 2.83. The highest BCUT2D eigenvalue weighted by Gasteiger charge is 2.32. The molecule has 2 atom stereocenters. The van der Waals surface area contributed by atoms with Crippen molar-refractivity contribution in [3.8, 4) is 0 Å². The fourth-order valence-electron chi connectivity index (χ4n) is 2.96. The van der Waals surface area contributed by atoms with Crippen molar-refractivity contribution in [3.63, 3.8) is 0 Å². The number of anilines is 1. The number of hydrogen-bond donors (Lipinski definition) is 3. The van der Waals surface area contributed by atoms with E-state index in [1.807, 2.05) is 6.92 Å². The van der Waals surface area contributed by atoms with Crippen LogP contribution in [0.2, 0.25) is 5.02 Å². The van der Waals surface area contributed by atoms with Crippen molar-refractivity contribution < 1.29 is 9.59 Å². The second-order valence-corrected chi connectivity index (χ2v) is 6.01. The summed E-state index contributed by atoms with van der Waals surface area (Å²) in [5.41, 5.74) is 6.60. The van der Waals surface area contributed by atoms with Gasteiger partial charge in [0.05, 0.1) is 11.3 Å². The maximum atomic E-state index is 12.5. The number of amides is 2. The highest BCUT2D eigenvalue weighted by atomic mass is 35.5. The van der Waals surface area contributed by atoms with E-state index in [9.17, 15) is 9.59 Å². The average Bonchev–Trinajstić information content (AvgIpc) is 2.96. The van der Waals surface area contributed by atoms with Gasteiger partial charge in [-0.15, -0.1) is 12.4 Å². The Morgan fingerprint density at radius 2 is 2.09 bits per heavy atom. The summed E-state index contributed by atoms with van der Waals surface area (Å²) in [4.78, 5) is 24.6. The summed E-state index contributed by atoms with van der Waals surface area (Å²) >= 11 is 5.99. The van der Waals surface area contributed by atoms with E-state index in [4.69, 9.17) is 17.3 Å². The van der Waals surface area contributed by atoms with Gasteiger partial charge in [-0.3, -0.25) is 9.59 Å². The van der Waals surface area contributed by atoms with Crippen molar-refractivity contribution in [2.24, 2.45) is 17.6 Å². The molecule has 0 bridgehead atoms. The molecule has 0 saturated heterocycles. The Labute approximate surface area is 147 Å². The van der Waals surface area contributed by atoms with E-state index in [2.05, 4.69) is 10.6 Å². The monoisotopic (exact) mass is 359 g/mol. The Kier molecular flexibility index (Phi) is 7.82. The molecule has 4 N–H and O–H groups in total. The number of nitrogens with two attached hydrogens (primary N) is 1. The van der Waals surface area contributed by atoms with Crippen LogP contribution in [0.3, 0.4) is 0 Å². The van der Waals surface area contributed by atoms with Gasteiger partial charge in [-0.25, -0.2) is 0 Å². The highest BCUT2D eigenvalue weighted by Crippen LogP contribution is 2.32. The minimum absolute atomic E-state index is 0. The molecule has 7 heteroatoms. The molecule has 2 amide bonds. The van der Waals surface area contributed by atoms with Gasteiger partial charge in [0.25, 0.3) is 5.91 Å². The van der Waals surface area contributed by atoms with E-state index < -0.39 is 0 Å². The third-order valence-corrected chi connectivity index (χ3v) is 4.36. The molecule has 1 aromatic rings. The smallest absolute Gasteiger partial charge is 0.253 e. The molecule has 1 fully saturated rings. The molecule has 2 rings (SSSR count). The van der Waals surface area contributed by atoms with Crippen LogP contribution in [0, 0.1) is 11.8 Å². The number of carbonyl (C=O) groups excluding carboxylic acids is 2. The van der Waals surface area contributed by atoms with E-state index in [0.717, 1.165) is 19.3 Å². The summed E-state index contributed by atoms with van der Waals surface area (Å²) in [6.07, 6.45) is 2.83. The zero-order valence-corrected chi connectivity index (χ0v) is 14.7. The van der Waals surface area contributed by atoms with Crippen molar-refractivity contribution in [3.05, 3.63) is 28.8 Å². The Morgan fingerprint density at radius 3 is 2.74 bits per heavy atom. The summed E-state index contributed by atoms with van der Waals surface area (Å²) in [7, 11) is 0. The van der Waals surface area contributed by atoms with Gasteiger partial charge in [0, 0.05) is 17.5 Å². The Hall–Kier alpha value is -1.30. The predicted molar refractivity (Wildman–Crippen MR) is 95.2 cm³/mol. The van der Waals surface area contributed by atoms with E-state index >= 15 is 0 Å². The van der Waals surface area contributed by atoms with Gasteiger partial charge in [0.2, 0.25) is 5.91 Å². The van der Waals surface area contributed by atoms with Crippen LogP contribution in [-0.2, 0) is 4.79 Å². The zero-order chi connectivity index (χ0) is 16.1. The quantitative estimate of drug-likeness (QED) is 0.755. The lowest BCUT2D eigenvalue weighted by Crippen LogP contribution is -2.31. The summed E-state index contributed by atoms with van der Waals surface area (Å²) in [6.45, 7) is 2.87. The summed E-state index contributed by atoms with van der Waals surface area (Å²) in [5, 5.41) is 6.07. The molecule has 0 radical (unpaired) electrons. The van der Waals surface area contributed by atoms with Crippen molar-refractivity contribution in [1.82, 2.24) is 5.32 Å². The second kappa shape index (κ2) is 9.11. The number of nitrogens with one attached hydrogen (secondary N) is 2. The second-order valence-electron chi connectivity index (χ2n) is 5.57. The van der Waals surface area contributed by atoms with Crippen LogP contribution in [0.5, 0.6) is 0 Å². The number of halogens is 2. The van der Waals surface area contributed by atoms with Gasteiger partial charge >= 0.3 is 0 Å². The van der Waals surface area contributed by atoms with Gasteiger partial charge in [-0.05, 0) is 50.4 Å². The van der Waals surface area contributed by atoms with Gasteiger partial charge in [0.15, 0.2) is 0 Å². The standard InChI is InChI=1S/C16H22ClN3O2.ClH/c1-2-19-15(21)13-7-6-11(17)8-14(13)20-16(22)12-5-3-4-10(12)9-18;/h6-8,10,12H,2-5,9,18H2,1H3,(H,19,21)(H,20,22);1H/t10-,12-;/m1./s1. The first-order valence-electron chi connectivity index (χ1n) is 7.65. The van der Waals surface area contributed by atoms with Gasteiger partial charge in [0.1, 0.15) is 0 Å². The molecule has 0 aromatic heterocycles. The minimum atomic E-state index is -0.226. The van der Waals surface area contributed by atoms with E-state index in [0.29, 0.717) is 29.4 Å². The first-order chi connectivity index (χ1) is 10.6. The van der Waals surface area contributed by atoms with Crippen molar-refractivity contribution >= 4 is 41.5 Å². The molecular weight excluding hydrogens is 337 g/mol. The first kappa shape index (κ1) is 19.7. The van der Waals surface area contributed by atoms with Crippen LogP contribution >= 0.6 is 24.0 Å². The molecule has 5 nitrogen and oxygen atoms in total. The Bertz CT molecular complexity index is 566. The van der Waals surface area contributed by atoms with Gasteiger partial charge in [-0.2, -0.15) is 0 Å². The van der Waals surface area contributed by atoms with Crippen molar-refractivity contribution in [2.75, 3.05) is 18.4 Å². The molecule has 0 spiro atoms. The third kappa shape index (κ3) is 4.83. The topological polar surface area (TPSA) is 84.2 Å². The molecule has 23 heavy (non-hydrogen) atoms. The highest BCUT2D eigenvalue weighted by molar-refractivity contribution is 6.31. The fourth-order valence-corrected chi connectivity index (χ4v) is 3.14. The summed E-state index contributed by atoms with van der Waals surface area (Å²) < 4.78 is 0. The first-order valence-corrected chi connectivity index (χ1v) is 8.03. The lowest BCUT2D eigenvalue weighted by molar-refractivity contribution is -0.120. The van der Waals surface area contributed by atoms with E-state index in [1.165, 1.54) is 0 Å². The van der Waals surface area contributed by atoms with Crippen LogP contribution in [0.25, 0.3) is 0 Å². The zero-order valence-electron chi connectivity index (χ0n) is 13.1. The summed E-state index contributed by atoms with van der Waals surface area (Å²) in [6, 6.07) is 4.87. The van der Waals surface area contributed by atoms with Crippen LogP contribution in [-0.4, -0.2) is 24.9 Å². The van der Waals surface area contributed by atoms with Crippen LogP contribution in [0.1, 0.15) is 36.5 Å². The van der Waals surface area contributed by atoms with Crippen molar-refractivity contribution in [1.29, 1.82) is 0 Å². The Morgan fingerprint density at radius 1 is 1.35 bits per heavy atom.